The number of carbonyl (C=O) groups is 1. The second-order valence-corrected chi connectivity index (χ2v) is 6.12. The van der Waals surface area contributed by atoms with Crippen LogP contribution in [-0.2, 0) is 9.53 Å². The molecule has 22 heavy (non-hydrogen) atoms. The molecule has 2 aliphatic heterocycles. The first-order valence-corrected chi connectivity index (χ1v) is 8.10. The van der Waals surface area contributed by atoms with Crippen molar-refractivity contribution in [1.82, 2.24) is 10.2 Å². The lowest BCUT2D eigenvalue weighted by Crippen LogP contribution is -2.46. The average molecular weight is 313 g/mol. The van der Waals surface area contributed by atoms with Gasteiger partial charge in [0.15, 0.2) is 0 Å². The lowest BCUT2D eigenvalue weighted by atomic mass is 10.1. The molecule has 0 saturated carbocycles. The first-order valence-electron chi connectivity index (χ1n) is 7.22. The van der Waals surface area contributed by atoms with Gasteiger partial charge in [-0.25, -0.2) is 4.99 Å². The maximum Gasteiger partial charge on any atom is 0.276 e. The molecule has 4 rings (SSSR count). The smallest absolute Gasteiger partial charge is 0.276 e. The van der Waals surface area contributed by atoms with Crippen molar-refractivity contribution >= 4 is 39.4 Å². The van der Waals surface area contributed by atoms with E-state index in [0.29, 0.717) is 24.9 Å². The number of hydrogen-bond donors (Lipinski definition) is 1. The number of aliphatic imine (C=N–C) groups is 1. The van der Waals surface area contributed by atoms with Crippen molar-refractivity contribution in [2.75, 3.05) is 26.3 Å². The Morgan fingerprint density at radius 3 is 2.95 bits per heavy atom. The highest BCUT2D eigenvalue weighted by atomic mass is 32.1. The van der Waals surface area contributed by atoms with Crippen LogP contribution >= 0.6 is 11.3 Å². The van der Waals surface area contributed by atoms with E-state index in [0.717, 1.165) is 24.0 Å². The van der Waals surface area contributed by atoms with E-state index in [4.69, 9.17) is 4.74 Å². The summed E-state index contributed by atoms with van der Waals surface area (Å²) in [4.78, 5) is 18.7. The summed E-state index contributed by atoms with van der Waals surface area (Å²) in [5, 5.41) is 6.07. The number of ether oxygens (including phenoxy) is 1. The molecule has 1 amide bonds. The van der Waals surface area contributed by atoms with Gasteiger partial charge in [0, 0.05) is 17.8 Å². The molecule has 0 unspecified atom stereocenters. The molecular weight excluding hydrogens is 298 g/mol. The van der Waals surface area contributed by atoms with Gasteiger partial charge < -0.3 is 9.64 Å². The molecule has 5 nitrogen and oxygen atoms in total. The number of carbonyl (C=O) groups excluding carboxylic acids is 1. The van der Waals surface area contributed by atoms with E-state index >= 15 is 0 Å². The summed E-state index contributed by atoms with van der Waals surface area (Å²) in [6.07, 6.45) is 1.86. The van der Waals surface area contributed by atoms with Crippen molar-refractivity contribution in [3.8, 4) is 0 Å². The Hall–Kier alpha value is -2.18. The van der Waals surface area contributed by atoms with Crippen LogP contribution in [0, 0.1) is 0 Å². The molecule has 6 heteroatoms. The molecule has 2 aromatic rings. The first kappa shape index (κ1) is 13.5. The van der Waals surface area contributed by atoms with Crippen LogP contribution in [0.2, 0.25) is 0 Å². The summed E-state index contributed by atoms with van der Waals surface area (Å²) in [5.41, 5.74) is 1.50. The average Bonchev–Trinajstić information content (AvgIpc) is 3.13. The van der Waals surface area contributed by atoms with E-state index in [2.05, 4.69) is 27.8 Å². The summed E-state index contributed by atoms with van der Waals surface area (Å²) >= 11 is 1.68. The van der Waals surface area contributed by atoms with Crippen molar-refractivity contribution in [3.05, 3.63) is 40.9 Å². The van der Waals surface area contributed by atoms with Gasteiger partial charge in [-0.05, 0) is 28.5 Å². The van der Waals surface area contributed by atoms with Crippen molar-refractivity contribution in [2.24, 2.45) is 4.99 Å². The molecule has 3 heterocycles. The Balaban J connectivity index is 1.66. The number of thiophene rings is 1. The molecule has 2 aliphatic rings. The van der Waals surface area contributed by atoms with E-state index in [1.54, 1.807) is 11.3 Å². The quantitative estimate of drug-likeness (QED) is 0.820. The molecule has 0 atom stereocenters. The van der Waals surface area contributed by atoms with Crippen LogP contribution in [0.5, 0.6) is 0 Å². The van der Waals surface area contributed by atoms with Crippen LogP contribution in [0.1, 0.15) is 5.56 Å². The van der Waals surface area contributed by atoms with Gasteiger partial charge in [0.2, 0.25) is 5.96 Å². The second-order valence-electron chi connectivity index (χ2n) is 5.21. The SMILES string of the molecule is O=C1NC(N2CCOCC2)=N/C1=C\c1csc2ccccc12. The number of nitrogens with one attached hydrogen (secondary N) is 1. The Morgan fingerprint density at radius 1 is 1.27 bits per heavy atom. The Morgan fingerprint density at radius 2 is 2.09 bits per heavy atom. The van der Waals surface area contributed by atoms with E-state index < -0.39 is 0 Å². The minimum absolute atomic E-state index is 0.142. The number of benzene rings is 1. The van der Waals surface area contributed by atoms with Gasteiger partial charge in [0.25, 0.3) is 5.91 Å². The predicted molar refractivity (Wildman–Crippen MR) is 87.8 cm³/mol. The van der Waals surface area contributed by atoms with Gasteiger partial charge in [-0.1, -0.05) is 18.2 Å². The third-order valence-electron chi connectivity index (χ3n) is 3.80. The number of morpholine rings is 1. The van der Waals surface area contributed by atoms with Crippen molar-refractivity contribution in [2.45, 2.75) is 0 Å². The molecule has 0 aliphatic carbocycles. The number of amides is 1. The topological polar surface area (TPSA) is 53.9 Å². The molecule has 0 spiro atoms. The summed E-state index contributed by atoms with van der Waals surface area (Å²) in [6.45, 7) is 2.85. The largest absolute Gasteiger partial charge is 0.378 e. The maximum atomic E-state index is 12.1. The zero-order valence-electron chi connectivity index (χ0n) is 11.9. The maximum absolute atomic E-state index is 12.1. The lowest BCUT2D eigenvalue weighted by molar-refractivity contribution is -0.115. The van der Waals surface area contributed by atoms with E-state index in [1.807, 2.05) is 23.1 Å². The van der Waals surface area contributed by atoms with Crippen molar-refractivity contribution in [3.63, 3.8) is 0 Å². The summed E-state index contributed by atoms with van der Waals surface area (Å²) in [6, 6.07) is 8.18. The van der Waals surface area contributed by atoms with Gasteiger partial charge in [-0.2, -0.15) is 0 Å². The van der Waals surface area contributed by atoms with Crippen LogP contribution in [0.4, 0.5) is 0 Å². The Labute approximate surface area is 131 Å². The highest BCUT2D eigenvalue weighted by molar-refractivity contribution is 7.17. The fourth-order valence-corrected chi connectivity index (χ4v) is 3.56. The van der Waals surface area contributed by atoms with Gasteiger partial charge in [0.1, 0.15) is 5.70 Å². The molecule has 0 bridgehead atoms. The minimum Gasteiger partial charge on any atom is -0.378 e. The monoisotopic (exact) mass is 313 g/mol. The Kier molecular flexibility index (Phi) is 3.40. The van der Waals surface area contributed by atoms with Gasteiger partial charge in [0.05, 0.1) is 13.2 Å². The highest BCUT2D eigenvalue weighted by Crippen LogP contribution is 2.28. The van der Waals surface area contributed by atoms with Crippen LogP contribution in [0.3, 0.4) is 0 Å². The summed E-state index contributed by atoms with van der Waals surface area (Å²) in [5.74, 6) is 0.496. The second kappa shape index (κ2) is 5.55. The fraction of sp³-hybridized carbons (Fsp3) is 0.250. The molecule has 0 radical (unpaired) electrons. The summed E-state index contributed by atoms with van der Waals surface area (Å²) < 4.78 is 6.54. The van der Waals surface area contributed by atoms with Gasteiger partial charge >= 0.3 is 0 Å². The lowest BCUT2D eigenvalue weighted by Gasteiger charge is -2.27. The van der Waals surface area contributed by atoms with Gasteiger partial charge in [-0.3, -0.25) is 10.1 Å². The van der Waals surface area contributed by atoms with E-state index in [-0.39, 0.29) is 5.91 Å². The molecule has 112 valence electrons. The highest BCUT2D eigenvalue weighted by Gasteiger charge is 2.25. The summed E-state index contributed by atoms with van der Waals surface area (Å²) in [7, 11) is 0. The van der Waals surface area contributed by atoms with Crippen LogP contribution < -0.4 is 5.32 Å². The third kappa shape index (κ3) is 2.40. The number of guanidine groups is 1. The third-order valence-corrected chi connectivity index (χ3v) is 4.78. The zero-order chi connectivity index (χ0) is 14.9. The standard InChI is InChI=1S/C16H15N3O2S/c20-15-13(17-16(18-15)19-5-7-21-8-6-19)9-11-10-22-14-4-2-1-3-12(11)14/h1-4,9-10H,5-8H2,(H,17,18,20)/b13-9-. The van der Waals surface area contributed by atoms with E-state index in [9.17, 15) is 4.79 Å². The normalized spacial score (nSPS) is 20.5. The van der Waals surface area contributed by atoms with Crippen LogP contribution in [0.15, 0.2) is 40.3 Å². The fourth-order valence-electron chi connectivity index (χ4n) is 2.64. The van der Waals surface area contributed by atoms with Crippen LogP contribution in [0.25, 0.3) is 16.2 Å². The van der Waals surface area contributed by atoms with Gasteiger partial charge in [-0.15, -0.1) is 11.3 Å². The number of hydrogen-bond acceptors (Lipinski definition) is 5. The molecular formula is C16H15N3O2S. The molecule has 1 fully saturated rings. The first-order chi connectivity index (χ1) is 10.8. The predicted octanol–water partition coefficient (Wildman–Crippen LogP) is 2.06. The Bertz CT molecular complexity index is 788. The number of nitrogens with zero attached hydrogens (tertiary/aromatic N) is 2. The number of rotatable bonds is 1. The molecule has 1 aromatic carbocycles. The zero-order valence-corrected chi connectivity index (χ0v) is 12.7. The molecule has 1 N–H and O–H groups in total. The minimum atomic E-state index is -0.142. The van der Waals surface area contributed by atoms with Crippen LogP contribution in [-0.4, -0.2) is 43.1 Å². The number of fused-ring (bicyclic) bond motifs is 1. The molecule has 1 saturated heterocycles. The van der Waals surface area contributed by atoms with Crippen molar-refractivity contribution < 1.29 is 9.53 Å². The van der Waals surface area contributed by atoms with Crippen molar-refractivity contribution in [1.29, 1.82) is 0 Å². The molecule has 1 aromatic heterocycles. The van der Waals surface area contributed by atoms with E-state index in [1.165, 1.54) is 4.70 Å².